The molecule has 0 bridgehead atoms. The summed E-state index contributed by atoms with van der Waals surface area (Å²) in [6.07, 6.45) is 1.81. The molecule has 0 amide bonds. The summed E-state index contributed by atoms with van der Waals surface area (Å²) in [7, 11) is 1.66. The van der Waals surface area contributed by atoms with Gasteiger partial charge in [0.05, 0.1) is 7.11 Å². The molecule has 0 radical (unpaired) electrons. The Balaban J connectivity index is 2.21. The van der Waals surface area contributed by atoms with Crippen molar-refractivity contribution in [3.8, 4) is 17.2 Å². The van der Waals surface area contributed by atoms with Crippen LogP contribution in [-0.2, 0) is 12.8 Å². The van der Waals surface area contributed by atoms with E-state index in [4.69, 9.17) is 15.2 Å². The van der Waals surface area contributed by atoms with E-state index in [0.717, 1.165) is 30.1 Å². The lowest BCUT2D eigenvalue weighted by atomic mass is 10.1. The molecule has 2 N–H and O–H groups in total. The minimum absolute atomic E-state index is 0.138. The Kier molecular flexibility index (Phi) is 5.23. The van der Waals surface area contributed by atoms with Gasteiger partial charge in [0.1, 0.15) is 5.75 Å². The first-order chi connectivity index (χ1) is 10.1. The van der Waals surface area contributed by atoms with Gasteiger partial charge >= 0.3 is 0 Å². The van der Waals surface area contributed by atoms with E-state index < -0.39 is 0 Å². The van der Waals surface area contributed by atoms with E-state index in [1.807, 2.05) is 37.3 Å². The van der Waals surface area contributed by atoms with Crippen molar-refractivity contribution in [1.29, 1.82) is 0 Å². The summed E-state index contributed by atoms with van der Waals surface area (Å²) in [6, 6.07) is 14.2. The summed E-state index contributed by atoms with van der Waals surface area (Å²) in [5, 5.41) is 0. The fourth-order valence-corrected chi connectivity index (χ4v) is 2.25. The van der Waals surface area contributed by atoms with E-state index in [1.54, 1.807) is 7.11 Å². The van der Waals surface area contributed by atoms with Crippen molar-refractivity contribution in [3.05, 3.63) is 53.6 Å². The second-order valence-electron chi connectivity index (χ2n) is 5.27. The Bertz CT molecular complexity index is 594. The van der Waals surface area contributed by atoms with Crippen molar-refractivity contribution in [2.45, 2.75) is 32.7 Å². The molecule has 0 aromatic heterocycles. The number of hydrogen-bond donors (Lipinski definition) is 1. The molecule has 0 saturated heterocycles. The molecule has 0 spiro atoms. The van der Waals surface area contributed by atoms with Gasteiger partial charge in [-0.3, -0.25) is 0 Å². The summed E-state index contributed by atoms with van der Waals surface area (Å²) in [4.78, 5) is 0. The lowest BCUT2D eigenvalue weighted by Gasteiger charge is -2.13. The van der Waals surface area contributed by atoms with Crippen molar-refractivity contribution in [1.82, 2.24) is 0 Å². The van der Waals surface area contributed by atoms with Gasteiger partial charge in [0.15, 0.2) is 11.5 Å². The highest BCUT2D eigenvalue weighted by Crippen LogP contribution is 2.32. The molecule has 1 unspecified atom stereocenters. The number of nitrogens with two attached hydrogens (primary N) is 1. The SMILES string of the molecule is CCc1ccc(Oc2cccc(CC(C)N)c2)c(OC)c1. The highest BCUT2D eigenvalue weighted by Gasteiger charge is 2.07. The first kappa shape index (κ1) is 15.4. The molecule has 3 nitrogen and oxygen atoms in total. The molecule has 0 fully saturated rings. The molecular weight excluding hydrogens is 262 g/mol. The van der Waals surface area contributed by atoms with Crippen LogP contribution in [0, 0.1) is 0 Å². The summed E-state index contributed by atoms with van der Waals surface area (Å²) in [5.74, 6) is 2.29. The Labute approximate surface area is 126 Å². The molecule has 2 aromatic rings. The minimum Gasteiger partial charge on any atom is -0.493 e. The number of hydrogen-bond acceptors (Lipinski definition) is 3. The summed E-state index contributed by atoms with van der Waals surface area (Å²) in [5.41, 5.74) is 8.24. The van der Waals surface area contributed by atoms with Crippen LogP contribution >= 0.6 is 0 Å². The topological polar surface area (TPSA) is 44.5 Å². The number of benzene rings is 2. The molecule has 112 valence electrons. The van der Waals surface area contributed by atoms with Crippen LogP contribution in [0.3, 0.4) is 0 Å². The summed E-state index contributed by atoms with van der Waals surface area (Å²) in [6.45, 7) is 4.12. The van der Waals surface area contributed by atoms with Gasteiger partial charge in [-0.15, -0.1) is 0 Å². The predicted molar refractivity (Wildman–Crippen MR) is 86.2 cm³/mol. The second kappa shape index (κ2) is 7.14. The van der Waals surface area contributed by atoms with Crippen LogP contribution < -0.4 is 15.2 Å². The maximum Gasteiger partial charge on any atom is 0.169 e. The maximum atomic E-state index is 5.96. The maximum absolute atomic E-state index is 5.96. The molecule has 2 aromatic carbocycles. The lowest BCUT2D eigenvalue weighted by Crippen LogP contribution is -2.17. The van der Waals surface area contributed by atoms with Gasteiger partial charge in [0.2, 0.25) is 0 Å². The number of rotatable bonds is 6. The molecule has 2 rings (SSSR count). The fraction of sp³-hybridized carbons (Fsp3) is 0.333. The molecule has 0 heterocycles. The van der Waals surface area contributed by atoms with Crippen molar-refractivity contribution in [2.24, 2.45) is 5.73 Å². The van der Waals surface area contributed by atoms with Gasteiger partial charge < -0.3 is 15.2 Å². The Morgan fingerprint density at radius 1 is 1.05 bits per heavy atom. The second-order valence-corrected chi connectivity index (χ2v) is 5.27. The molecule has 1 atom stereocenters. The van der Waals surface area contributed by atoms with Crippen LogP contribution in [0.5, 0.6) is 17.2 Å². The van der Waals surface area contributed by atoms with Gasteiger partial charge in [-0.25, -0.2) is 0 Å². The first-order valence-corrected chi connectivity index (χ1v) is 7.31. The molecule has 3 heteroatoms. The third kappa shape index (κ3) is 4.23. The van der Waals surface area contributed by atoms with E-state index in [2.05, 4.69) is 19.1 Å². The zero-order valence-electron chi connectivity index (χ0n) is 12.9. The molecule has 21 heavy (non-hydrogen) atoms. The third-order valence-corrected chi connectivity index (χ3v) is 3.32. The van der Waals surface area contributed by atoms with E-state index >= 15 is 0 Å². The Morgan fingerprint density at radius 3 is 2.52 bits per heavy atom. The standard InChI is InChI=1S/C18H23NO2/c1-4-14-8-9-17(18(12-14)20-3)21-16-7-5-6-15(11-16)10-13(2)19/h5-9,11-13H,4,10,19H2,1-3H3. The van der Waals surface area contributed by atoms with Crippen molar-refractivity contribution in [2.75, 3.05) is 7.11 Å². The third-order valence-electron chi connectivity index (χ3n) is 3.32. The average molecular weight is 285 g/mol. The van der Waals surface area contributed by atoms with Crippen LogP contribution in [0.2, 0.25) is 0 Å². The van der Waals surface area contributed by atoms with Gasteiger partial charge in [-0.2, -0.15) is 0 Å². The molecule has 0 aliphatic rings. The molecule has 0 aliphatic heterocycles. The normalized spacial score (nSPS) is 12.0. The zero-order valence-corrected chi connectivity index (χ0v) is 12.9. The van der Waals surface area contributed by atoms with Crippen molar-refractivity contribution < 1.29 is 9.47 Å². The first-order valence-electron chi connectivity index (χ1n) is 7.31. The molecule has 0 saturated carbocycles. The monoisotopic (exact) mass is 285 g/mol. The zero-order chi connectivity index (χ0) is 15.2. The van der Waals surface area contributed by atoms with E-state index in [9.17, 15) is 0 Å². The van der Waals surface area contributed by atoms with Crippen molar-refractivity contribution in [3.63, 3.8) is 0 Å². The summed E-state index contributed by atoms with van der Waals surface area (Å²) < 4.78 is 11.4. The van der Waals surface area contributed by atoms with E-state index in [-0.39, 0.29) is 6.04 Å². The number of methoxy groups -OCH3 is 1. The highest BCUT2D eigenvalue weighted by molar-refractivity contribution is 5.45. The van der Waals surface area contributed by atoms with Crippen LogP contribution in [0.15, 0.2) is 42.5 Å². The van der Waals surface area contributed by atoms with E-state index in [1.165, 1.54) is 11.1 Å². The van der Waals surface area contributed by atoms with Crippen LogP contribution in [0.1, 0.15) is 25.0 Å². The number of ether oxygens (including phenoxy) is 2. The molecular formula is C18H23NO2. The van der Waals surface area contributed by atoms with Crippen molar-refractivity contribution >= 4 is 0 Å². The quantitative estimate of drug-likeness (QED) is 0.874. The van der Waals surface area contributed by atoms with Gasteiger partial charge in [0, 0.05) is 6.04 Å². The smallest absolute Gasteiger partial charge is 0.169 e. The van der Waals surface area contributed by atoms with Gasteiger partial charge in [0.25, 0.3) is 0 Å². The minimum atomic E-state index is 0.138. The molecule has 0 aliphatic carbocycles. The van der Waals surface area contributed by atoms with Gasteiger partial charge in [-0.1, -0.05) is 25.1 Å². The van der Waals surface area contributed by atoms with Crippen LogP contribution in [0.25, 0.3) is 0 Å². The average Bonchev–Trinajstić information content (AvgIpc) is 2.47. The van der Waals surface area contributed by atoms with E-state index in [0.29, 0.717) is 0 Å². The largest absolute Gasteiger partial charge is 0.493 e. The predicted octanol–water partition coefficient (Wildman–Crippen LogP) is 3.94. The lowest BCUT2D eigenvalue weighted by molar-refractivity contribution is 0.378. The van der Waals surface area contributed by atoms with Gasteiger partial charge in [-0.05, 0) is 55.2 Å². The highest BCUT2D eigenvalue weighted by atomic mass is 16.5. The Hall–Kier alpha value is -2.00. The number of aryl methyl sites for hydroxylation is 1. The van der Waals surface area contributed by atoms with Crippen LogP contribution in [0.4, 0.5) is 0 Å². The fourth-order valence-electron chi connectivity index (χ4n) is 2.25. The van der Waals surface area contributed by atoms with Crippen LogP contribution in [-0.4, -0.2) is 13.2 Å². The Morgan fingerprint density at radius 2 is 1.86 bits per heavy atom. The summed E-state index contributed by atoms with van der Waals surface area (Å²) >= 11 is 0.